The van der Waals surface area contributed by atoms with Gasteiger partial charge in [-0.2, -0.15) is 0 Å². The molecular formula is C57H102NO8P. The molecule has 0 aromatic heterocycles. The number of nitrogens with zero attached hydrogens (tertiary/aromatic N) is 1. The first kappa shape index (κ1) is 64.5. The van der Waals surface area contributed by atoms with Crippen LogP contribution in [0.15, 0.2) is 72.9 Å². The standard InChI is InChI=1S/C57H102NO8P/c1-6-8-10-12-14-16-18-20-21-22-23-24-25-26-27-28-29-30-31-32-33-34-35-36-37-38-40-42-44-46-48-50-57(60)66-55(54-65-67(61,62)64-52-51-58(3,4)5)53-63-56(59)49-47-45-43-41-39-19-17-15-13-11-9-7-2/h8,10,14,16,20-21,23-24,26-27,29-30,55H,6-7,9,11-13,15,17-19,22,25,28,31-54H2,1-5H3/b10-8-,16-14-,21-20-,24-23-,27-26-,30-29-. The van der Waals surface area contributed by atoms with Gasteiger partial charge < -0.3 is 27.9 Å². The lowest BCUT2D eigenvalue weighted by molar-refractivity contribution is -0.870. The average Bonchev–Trinajstić information content (AvgIpc) is 3.29. The van der Waals surface area contributed by atoms with E-state index < -0.39 is 26.5 Å². The zero-order valence-corrected chi connectivity index (χ0v) is 44.7. The quantitative estimate of drug-likeness (QED) is 0.0195. The molecule has 2 atom stereocenters. The molecule has 0 bridgehead atoms. The third kappa shape index (κ3) is 52.7. The van der Waals surface area contributed by atoms with E-state index >= 15 is 0 Å². The third-order valence-corrected chi connectivity index (χ3v) is 12.5. The van der Waals surface area contributed by atoms with Gasteiger partial charge >= 0.3 is 11.9 Å². The van der Waals surface area contributed by atoms with Gasteiger partial charge in [-0.25, -0.2) is 0 Å². The third-order valence-electron chi connectivity index (χ3n) is 11.5. The van der Waals surface area contributed by atoms with E-state index in [1.54, 1.807) is 0 Å². The second-order valence-corrected chi connectivity index (χ2v) is 20.6. The maximum atomic E-state index is 12.8. The van der Waals surface area contributed by atoms with Gasteiger partial charge in [0.25, 0.3) is 7.82 Å². The smallest absolute Gasteiger partial charge is 0.306 e. The number of unbranched alkanes of at least 4 members (excludes halogenated alkanes) is 23. The molecule has 67 heavy (non-hydrogen) atoms. The van der Waals surface area contributed by atoms with Gasteiger partial charge in [0.05, 0.1) is 27.7 Å². The summed E-state index contributed by atoms with van der Waals surface area (Å²) in [4.78, 5) is 37.7. The van der Waals surface area contributed by atoms with Crippen molar-refractivity contribution in [3.05, 3.63) is 72.9 Å². The molecule has 0 saturated heterocycles. The van der Waals surface area contributed by atoms with Crippen LogP contribution in [0.2, 0.25) is 0 Å². The number of phosphoric ester groups is 1. The van der Waals surface area contributed by atoms with Crippen molar-refractivity contribution in [2.24, 2.45) is 0 Å². The molecule has 0 aliphatic rings. The zero-order valence-electron chi connectivity index (χ0n) is 43.8. The molecule has 0 aliphatic heterocycles. The number of quaternary nitrogens is 1. The first-order valence-corrected chi connectivity index (χ1v) is 28.6. The summed E-state index contributed by atoms with van der Waals surface area (Å²) in [5.41, 5.74) is 0. The summed E-state index contributed by atoms with van der Waals surface area (Å²) in [7, 11) is 1.16. The second kappa shape index (κ2) is 48.5. The molecule has 0 heterocycles. The Hall–Kier alpha value is -2.55. The van der Waals surface area contributed by atoms with Gasteiger partial charge in [0.1, 0.15) is 19.8 Å². The molecule has 0 fully saturated rings. The summed E-state index contributed by atoms with van der Waals surface area (Å²) in [6.07, 6.45) is 62.3. The molecule has 0 amide bonds. The molecular weight excluding hydrogens is 858 g/mol. The predicted molar refractivity (Wildman–Crippen MR) is 282 cm³/mol. The minimum Gasteiger partial charge on any atom is -0.756 e. The van der Waals surface area contributed by atoms with Crippen LogP contribution in [0.4, 0.5) is 0 Å². The first-order chi connectivity index (χ1) is 32.5. The van der Waals surface area contributed by atoms with Crippen LogP contribution in [-0.4, -0.2) is 70.0 Å². The number of rotatable bonds is 49. The lowest BCUT2D eigenvalue weighted by Crippen LogP contribution is -2.37. The number of carbonyl (C=O) groups excluding carboxylic acids is 2. The number of hydrogen-bond donors (Lipinski definition) is 0. The van der Waals surface area contributed by atoms with Crippen LogP contribution in [0.5, 0.6) is 0 Å². The van der Waals surface area contributed by atoms with Crippen molar-refractivity contribution < 1.29 is 42.1 Å². The molecule has 0 N–H and O–H groups in total. The van der Waals surface area contributed by atoms with E-state index in [0.29, 0.717) is 17.4 Å². The van der Waals surface area contributed by atoms with E-state index in [9.17, 15) is 19.0 Å². The number of carbonyl (C=O) groups is 2. The molecule has 0 saturated carbocycles. The zero-order chi connectivity index (χ0) is 49.2. The highest BCUT2D eigenvalue weighted by Crippen LogP contribution is 2.38. The van der Waals surface area contributed by atoms with Crippen LogP contribution in [0.3, 0.4) is 0 Å². The highest BCUT2D eigenvalue weighted by molar-refractivity contribution is 7.45. The van der Waals surface area contributed by atoms with Crippen molar-refractivity contribution in [3.8, 4) is 0 Å². The molecule has 9 nitrogen and oxygen atoms in total. The summed E-state index contributed by atoms with van der Waals surface area (Å²) in [6.45, 7) is 4.12. The lowest BCUT2D eigenvalue weighted by atomic mass is 10.0. The summed E-state index contributed by atoms with van der Waals surface area (Å²) in [6, 6.07) is 0. The van der Waals surface area contributed by atoms with Gasteiger partial charge in [-0.15, -0.1) is 0 Å². The van der Waals surface area contributed by atoms with Crippen molar-refractivity contribution in [3.63, 3.8) is 0 Å². The fourth-order valence-corrected chi connectivity index (χ4v) is 8.04. The number of phosphoric acid groups is 1. The lowest BCUT2D eigenvalue weighted by Gasteiger charge is -2.28. The van der Waals surface area contributed by atoms with Crippen LogP contribution in [0.25, 0.3) is 0 Å². The van der Waals surface area contributed by atoms with Gasteiger partial charge in [-0.3, -0.25) is 14.2 Å². The van der Waals surface area contributed by atoms with Crippen molar-refractivity contribution in [1.29, 1.82) is 0 Å². The first-order valence-electron chi connectivity index (χ1n) is 27.1. The van der Waals surface area contributed by atoms with E-state index in [4.69, 9.17) is 18.5 Å². The average molecular weight is 960 g/mol. The minimum absolute atomic E-state index is 0.0321. The SMILES string of the molecule is CC/C=C\C/C=C\C/C=C\C/C=C\C/C=C\C/C=C\CCCCCCCCCCCCCCC(=O)OC(COC(=O)CCCCCCCCCCCCCC)COP(=O)([O-])OCC[N+](C)(C)C. The summed E-state index contributed by atoms with van der Waals surface area (Å²) in [5, 5.41) is 0. The van der Waals surface area contributed by atoms with E-state index in [1.807, 2.05) is 21.1 Å². The molecule has 0 aromatic rings. The molecule has 388 valence electrons. The largest absolute Gasteiger partial charge is 0.756 e. The van der Waals surface area contributed by atoms with Crippen LogP contribution in [0.1, 0.15) is 226 Å². The van der Waals surface area contributed by atoms with Crippen molar-refractivity contribution in [2.45, 2.75) is 232 Å². The Kier molecular flexibility index (Phi) is 46.6. The van der Waals surface area contributed by atoms with E-state index in [-0.39, 0.29) is 32.0 Å². The highest BCUT2D eigenvalue weighted by atomic mass is 31.2. The number of allylic oxidation sites excluding steroid dienone is 12. The normalized spacial score (nSPS) is 13.9. The Balaban J connectivity index is 4.11. The number of hydrogen-bond acceptors (Lipinski definition) is 8. The van der Waals surface area contributed by atoms with Crippen LogP contribution in [-0.2, 0) is 32.7 Å². The Morgan fingerprint density at radius 3 is 1.27 bits per heavy atom. The molecule has 10 heteroatoms. The Labute approximate surface area is 412 Å². The van der Waals surface area contributed by atoms with E-state index in [2.05, 4.69) is 86.8 Å². The van der Waals surface area contributed by atoms with Crippen LogP contribution < -0.4 is 4.89 Å². The summed E-state index contributed by atoms with van der Waals surface area (Å²) in [5.74, 6) is -0.833. The fourth-order valence-electron chi connectivity index (χ4n) is 7.31. The molecule has 2 unspecified atom stereocenters. The molecule has 0 spiro atoms. The summed E-state index contributed by atoms with van der Waals surface area (Å²) < 4.78 is 34.0. The van der Waals surface area contributed by atoms with Crippen LogP contribution in [0, 0.1) is 0 Å². The molecule has 0 aromatic carbocycles. The second-order valence-electron chi connectivity index (χ2n) is 19.2. The van der Waals surface area contributed by atoms with Crippen molar-refractivity contribution in [1.82, 2.24) is 0 Å². The van der Waals surface area contributed by atoms with Gasteiger partial charge in [0.15, 0.2) is 6.10 Å². The van der Waals surface area contributed by atoms with Gasteiger partial charge in [-0.05, 0) is 64.2 Å². The van der Waals surface area contributed by atoms with Crippen molar-refractivity contribution >= 4 is 19.8 Å². The van der Waals surface area contributed by atoms with Crippen molar-refractivity contribution in [2.75, 3.05) is 47.5 Å². The van der Waals surface area contributed by atoms with E-state index in [1.165, 1.54) is 116 Å². The van der Waals surface area contributed by atoms with Gasteiger partial charge in [0, 0.05) is 12.8 Å². The predicted octanol–water partition coefficient (Wildman–Crippen LogP) is 15.9. The van der Waals surface area contributed by atoms with Gasteiger partial charge in [0.2, 0.25) is 0 Å². The maximum absolute atomic E-state index is 12.8. The Bertz CT molecular complexity index is 1360. The summed E-state index contributed by atoms with van der Waals surface area (Å²) >= 11 is 0. The maximum Gasteiger partial charge on any atom is 0.306 e. The molecule has 0 radical (unpaired) electrons. The van der Waals surface area contributed by atoms with Crippen LogP contribution >= 0.6 is 7.82 Å². The Morgan fingerprint density at radius 2 is 0.851 bits per heavy atom. The molecule has 0 aliphatic carbocycles. The number of ether oxygens (including phenoxy) is 2. The topological polar surface area (TPSA) is 111 Å². The monoisotopic (exact) mass is 960 g/mol. The van der Waals surface area contributed by atoms with Gasteiger partial charge in [-0.1, -0.05) is 222 Å². The minimum atomic E-state index is -4.63. The molecule has 0 rings (SSSR count). The number of esters is 2. The van der Waals surface area contributed by atoms with E-state index in [0.717, 1.165) is 77.0 Å². The fraction of sp³-hybridized carbons (Fsp3) is 0.754. The Morgan fingerprint density at radius 1 is 0.478 bits per heavy atom. The highest BCUT2D eigenvalue weighted by Gasteiger charge is 2.21. The number of likely N-dealkylation sites (N-methyl/N-ethyl adjacent to an activating group) is 1.